The second kappa shape index (κ2) is 7.31. The third-order valence-corrected chi connectivity index (χ3v) is 4.06. The zero-order valence-corrected chi connectivity index (χ0v) is 14.9. The number of nitrogens with zero attached hydrogens (tertiary/aromatic N) is 6. The highest BCUT2D eigenvalue weighted by molar-refractivity contribution is 5.79. The molecule has 0 radical (unpaired) electrons. The van der Waals surface area contributed by atoms with E-state index < -0.39 is 10.5 Å². The minimum atomic E-state index is -0.565. The number of nitrogens with two attached hydrogens (primary N) is 1. The summed E-state index contributed by atoms with van der Waals surface area (Å²) in [5.41, 5.74) is 6.26. The second-order valence-corrected chi connectivity index (χ2v) is 6.06. The van der Waals surface area contributed by atoms with Crippen LogP contribution >= 0.6 is 0 Å². The van der Waals surface area contributed by atoms with Gasteiger partial charge in [-0.25, -0.2) is 4.98 Å². The van der Waals surface area contributed by atoms with Gasteiger partial charge in [-0.15, -0.1) is 0 Å². The van der Waals surface area contributed by atoms with Crippen molar-refractivity contribution in [2.75, 3.05) is 11.1 Å². The van der Waals surface area contributed by atoms with Gasteiger partial charge in [-0.1, -0.05) is 18.2 Å². The van der Waals surface area contributed by atoms with Crippen LogP contribution in [0.4, 0.5) is 23.3 Å². The van der Waals surface area contributed by atoms with Gasteiger partial charge in [0, 0.05) is 17.8 Å². The molecule has 0 bridgehead atoms. The van der Waals surface area contributed by atoms with Gasteiger partial charge < -0.3 is 11.1 Å². The Labute approximate surface area is 163 Å². The number of aromatic nitrogens is 5. The molecule has 0 atom stereocenters. The predicted octanol–water partition coefficient (Wildman–Crippen LogP) is 1.86. The molecule has 0 aliphatic carbocycles. The molecule has 0 aliphatic rings. The summed E-state index contributed by atoms with van der Waals surface area (Å²) in [6.07, 6.45) is 1.33. The maximum Gasteiger partial charge on any atom is 0.270 e. The van der Waals surface area contributed by atoms with Gasteiger partial charge in [0.1, 0.15) is 0 Å². The van der Waals surface area contributed by atoms with Crippen molar-refractivity contribution in [2.45, 2.75) is 6.54 Å². The number of para-hydroxylation sites is 1. The average Bonchev–Trinajstić information content (AvgIpc) is 2.70. The maximum absolute atomic E-state index is 12.8. The molecule has 4 rings (SSSR count). The molecule has 144 valence electrons. The second-order valence-electron chi connectivity index (χ2n) is 6.06. The smallest absolute Gasteiger partial charge is 0.270 e. The maximum atomic E-state index is 12.8. The van der Waals surface area contributed by atoms with Crippen LogP contribution in [0.1, 0.15) is 5.82 Å². The van der Waals surface area contributed by atoms with Crippen molar-refractivity contribution in [3.05, 3.63) is 81.2 Å². The Bertz CT molecular complexity index is 1270. The largest absolute Gasteiger partial charge is 0.368 e. The van der Waals surface area contributed by atoms with E-state index in [-0.39, 0.29) is 35.3 Å². The van der Waals surface area contributed by atoms with E-state index in [1.54, 1.807) is 0 Å². The van der Waals surface area contributed by atoms with Gasteiger partial charge in [0.05, 0.1) is 28.7 Å². The Morgan fingerprint density at radius 3 is 2.66 bits per heavy atom. The summed E-state index contributed by atoms with van der Waals surface area (Å²) in [5.74, 6) is 0.464. The first-order valence-corrected chi connectivity index (χ1v) is 8.46. The lowest BCUT2D eigenvalue weighted by atomic mass is 10.2. The standard InChI is InChI=1S/C18H14N8O3/c19-17-22-15(23-18(24-17)21-11-4-2-1-3-5-11)9-25-10-20-14-7-6-12(26(28)29)8-13(14)16(25)27/h1-8,10H,9H2,(H3,19,21,22,23,24). The average molecular weight is 390 g/mol. The molecule has 3 N–H and O–H groups in total. The molecule has 0 saturated heterocycles. The Kier molecular flexibility index (Phi) is 4.53. The van der Waals surface area contributed by atoms with Crippen molar-refractivity contribution in [1.29, 1.82) is 0 Å². The minimum absolute atomic E-state index is 0.00846. The molecule has 2 aromatic carbocycles. The number of fused-ring (bicyclic) bond motifs is 1. The van der Waals surface area contributed by atoms with Crippen LogP contribution in [0.25, 0.3) is 10.9 Å². The Balaban J connectivity index is 1.68. The van der Waals surface area contributed by atoms with Crippen LogP contribution in [0.5, 0.6) is 0 Å². The first kappa shape index (κ1) is 18.0. The number of nitro groups is 1. The fourth-order valence-electron chi connectivity index (χ4n) is 2.74. The van der Waals surface area contributed by atoms with Crippen molar-refractivity contribution in [1.82, 2.24) is 24.5 Å². The SMILES string of the molecule is Nc1nc(Cn2cnc3ccc([N+](=O)[O-])cc3c2=O)nc(Nc2ccccc2)n1. The lowest BCUT2D eigenvalue weighted by molar-refractivity contribution is -0.384. The summed E-state index contributed by atoms with van der Waals surface area (Å²) < 4.78 is 1.26. The fraction of sp³-hybridized carbons (Fsp3) is 0.0556. The number of hydrogen-bond acceptors (Lipinski definition) is 9. The van der Waals surface area contributed by atoms with Crippen LogP contribution in [0.15, 0.2) is 59.7 Å². The van der Waals surface area contributed by atoms with Crippen molar-refractivity contribution in [3.63, 3.8) is 0 Å². The number of non-ortho nitro benzene ring substituents is 1. The van der Waals surface area contributed by atoms with Crippen molar-refractivity contribution in [2.24, 2.45) is 0 Å². The van der Waals surface area contributed by atoms with Gasteiger partial charge >= 0.3 is 0 Å². The molecule has 2 heterocycles. The first-order valence-electron chi connectivity index (χ1n) is 8.46. The minimum Gasteiger partial charge on any atom is -0.368 e. The fourth-order valence-corrected chi connectivity index (χ4v) is 2.74. The summed E-state index contributed by atoms with van der Waals surface area (Å²) in [7, 11) is 0. The number of nitrogens with one attached hydrogen (secondary N) is 1. The van der Waals surface area contributed by atoms with Gasteiger partial charge in [0.15, 0.2) is 5.82 Å². The van der Waals surface area contributed by atoms with E-state index in [9.17, 15) is 14.9 Å². The highest BCUT2D eigenvalue weighted by Crippen LogP contribution is 2.17. The molecular formula is C18H14N8O3. The summed E-state index contributed by atoms with van der Waals surface area (Å²) >= 11 is 0. The Morgan fingerprint density at radius 1 is 1.10 bits per heavy atom. The van der Waals surface area contributed by atoms with Gasteiger partial charge in [-0.3, -0.25) is 19.5 Å². The third kappa shape index (κ3) is 3.83. The number of benzene rings is 2. The van der Waals surface area contributed by atoms with E-state index in [1.807, 2.05) is 30.3 Å². The van der Waals surface area contributed by atoms with E-state index in [1.165, 1.54) is 29.1 Å². The van der Waals surface area contributed by atoms with E-state index in [2.05, 4.69) is 25.3 Å². The van der Waals surface area contributed by atoms with E-state index >= 15 is 0 Å². The van der Waals surface area contributed by atoms with Crippen LogP contribution < -0.4 is 16.6 Å². The zero-order chi connectivity index (χ0) is 20.4. The molecule has 0 unspecified atom stereocenters. The van der Waals surface area contributed by atoms with E-state index in [0.717, 1.165) is 5.69 Å². The monoisotopic (exact) mass is 390 g/mol. The molecule has 11 heteroatoms. The lowest BCUT2D eigenvalue weighted by Crippen LogP contribution is -2.23. The third-order valence-electron chi connectivity index (χ3n) is 4.06. The first-order chi connectivity index (χ1) is 14.0. The molecule has 11 nitrogen and oxygen atoms in total. The molecule has 0 amide bonds. The molecule has 0 saturated carbocycles. The van der Waals surface area contributed by atoms with Crippen molar-refractivity contribution < 1.29 is 4.92 Å². The number of nitrogen functional groups attached to an aromatic ring is 1. The van der Waals surface area contributed by atoms with Gasteiger partial charge in [-0.05, 0) is 18.2 Å². The molecule has 0 aliphatic heterocycles. The van der Waals surface area contributed by atoms with Gasteiger partial charge in [0.2, 0.25) is 11.9 Å². The normalized spacial score (nSPS) is 10.8. The summed E-state index contributed by atoms with van der Waals surface area (Å²) in [5, 5.41) is 14.1. The molecule has 0 fully saturated rings. The van der Waals surface area contributed by atoms with Crippen molar-refractivity contribution >= 4 is 34.2 Å². The number of hydrogen-bond donors (Lipinski definition) is 2. The quantitative estimate of drug-likeness (QED) is 0.383. The van der Waals surface area contributed by atoms with Crippen LogP contribution in [0.3, 0.4) is 0 Å². The predicted molar refractivity (Wildman–Crippen MR) is 106 cm³/mol. The van der Waals surface area contributed by atoms with Crippen molar-refractivity contribution in [3.8, 4) is 0 Å². The van der Waals surface area contributed by atoms with Gasteiger partial charge in [-0.2, -0.15) is 15.0 Å². The Morgan fingerprint density at radius 2 is 1.90 bits per heavy atom. The van der Waals surface area contributed by atoms with E-state index in [0.29, 0.717) is 5.52 Å². The summed E-state index contributed by atoms with van der Waals surface area (Å²) in [6.45, 7) is -0.0271. The zero-order valence-electron chi connectivity index (χ0n) is 14.9. The molecule has 2 aromatic heterocycles. The van der Waals surface area contributed by atoms with Gasteiger partial charge in [0.25, 0.3) is 11.2 Å². The van der Waals surface area contributed by atoms with Crippen LogP contribution in [-0.4, -0.2) is 29.4 Å². The lowest BCUT2D eigenvalue weighted by Gasteiger charge is -2.09. The molecule has 0 spiro atoms. The topological polar surface area (TPSA) is 155 Å². The number of nitro benzene ring substituents is 1. The highest BCUT2D eigenvalue weighted by atomic mass is 16.6. The molecule has 4 aromatic rings. The van der Waals surface area contributed by atoms with Crippen LogP contribution in [0.2, 0.25) is 0 Å². The molecular weight excluding hydrogens is 376 g/mol. The highest BCUT2D eigenvalue weighted by Gasteiger charge is 2.12. The summed E-state index contributed by atoms with van der Waals surface area (Å²) in [4.78, 5) is 39.7. The van der Waals surface area contributed by atoms with E-state index in [4.69, 9.17) is 5.73 Å². The number of anilines is 3. The van der Waals surface area contributed by atoms with Crippen LogP contribution in [-0.2, 0) is 6.54 Å². The van der Waals surface area contributed by atoms with Crippen LogP contribution in [0, 0.1) is 10.1 Å². The Hall–Kier alpha value is -4.41. The summed E-state index contributed by atoms with van der Waals surface area (Å²) in [6, 6.07) is 13.2. The number of rotatable bonds is 5. The molecule has 29 heavy (non-hydrogen) atoms.